The molecule has 0 bridgehead atoms. The molecule has 25 heavy (non-hydrogen) atoms. The van der Waals surface area contributed by atoms with Crippen LogP contribution in [0, 0.1) is 17.3 Å². The second kappa shape index (κ2) is 6.59. The molecule has 3 unspecified atom stereocenters. The molecule has 1 aromatic carbocycles. The average Bonchev–Trinajstić information content (AvgIpc) is 2.89. The zero-order valence-corrected chi connectivity index (χ0v) is 16.0. The zero-order chi connectivity index (χ0) is 17.6. The number of nitrogens with zero attached hydrogens (tertiary/aromatic N) is 1. The Kier molecular flexibility index (Phi) is 4.57. The van der Waals surface area contributed by atoms with Gasteiger partial charge in [0.05, 0.1) is 6.10 Å². The third-order valence-corrected chi connectivity index (χ3v) is 7.46. The summed E-state index contributed by atoms with van der Waals surface area (Å²) in [7, 11) is 4.15. The van der Waals surface area contributed by atoms with E-state index in [1.54, 1.807) is 5.56 Å². The quantitative estimate of drug-likeness (QED) is 0.901. The van der Waals surface area contributed by atoms with Crippen molar-refractivity contribution in [3.63, 3.8) is 0 Å². The second-order valence-corrected chi connectivity index (χ2v) is 9.07. The maximum absolute atomic E-state index is 10.5. The van der Waals surface area contributed by atoms with Crippen LogP contribution in [-0.2, 0) is 6.42 Å². The fourth-order valence-electron chi connectivity index (χ4n) is 5.97. The van der Waals surface area contributed by atoms with E-state index in [9.17, 15) is 5.11 Å². The Labute approximate surface area is 152 Å². The van der Waals surface area contributed by atoms with Gasteiger partial charge in [-0.3, -0.25) is 0 Å². The summed E-state index contributed by atoms with van der Waals surface area (Å²) in [6.45, 7) is 4.04. The molecule has 138 valence electrons. The van der Waals surface area contributed by atoms with E-state index in [0.29, 0.717) is 11.8 Å². The van der Waals surface area contributed by atoms with E-state index in [0.717, 1.165) is 31.2 Å². The lowest BCUT2D eigenvalue weighted by Crippen LogP contribution is -2.43. The molecule has 3 aliphatic rings. The summed E-state index contributed by atoms with van der Waals surface area (Å²) in [6, 6.07) is 6.80. The lowest BCUT2D eigenvalue weighted by atomic mass is 9.55. The first-order valence-corrected chi connectivity index (χ1v) is 10.1. The molecule has 2 fully saturated rings. The summed E-state index contributed by atoms with van der Waals surface area (Å²) in [4.78, 5) is 2.15. The fraction of sp³-hybridized carbons (Fsp3) is 0.727. The van der Waals surface area contributed by atoms with Crippen LogP contribution in [0.5, 0.6) is 5.75 Å². The van der Waals surface area contributed by atoms with Crippen molar-refractivity contribution in [3.8, 4) is 5.75 Å². The Hall–Kier alpha value is -1.06. The number of hydrogen-bond acceptors (Lipinski definition) is 3. The number of rotatable bonds is 4. The zero-order valence-electron chi connectivity index (χ0n) is 16.0. The second-order valence-electron chi connectivity index (χ2n) is 9.07. The van der Waals surface area contributed by atoms with E-state index in [2.05, 4.69) is 44.1 Å². The van der Waals surface area contributed by atoms with Crippen molar-refractivity contribution in [2.45, 2.75) is 57.5 Å². The first-order valence-electron chi connectivity index (χ1n) is 10.1. The highest BCUT2D eigenvalue weighted by Crippen LogP contribution is 2.60. The standard InChI is InChI=1S/C22H33NO2/c1-22-11-10-18-17-7-5-16(25-13-12-23(2)3)14-15(17)4-6-19(18)20(22)8-9-21(22)24/h5,7,14,18-21,24H,4,6,8-13H2,1-3H3/t18?,19?,20?,21-,22-/m0/s1. The Bertz CT molecular complexity index is 628. The number of fused-ring (bicyclic) bond motifs is 5. The highest BCUT2D eigenvalue weighted by molar-refractivity contribution is 5.40. The van der Waals surface area contributed by atoms with E-state index in [4.69, 9.17) is 4.74 Å². The first kappa shape index (κ1) is 17.4. The average molecular weight is 344 g/mol. The van der Waals surface area contributed by atoms with Gasteiger partial charge in [-0.05, 0) is 99.0 Å². The van der Waals surface area contributed by atoms with Crippen LogP contribution in [0.3, 0.4) is 0 Å². The molecule has 0 aromatic heterocycles. The van der Waals surface area contributed by atoms with Crippen molar-refractivity contribution in [3.05, 3.63) is 29.3 Å². The van der Waals surface area contributed by atoms with Gasteiger partial charge in [-0.2, -0.15) is 0 Å². The molecule has 0 spiro atoms. The number of aliphatic hydroxyl groups is 1. The number of likely N-dealkylation sites (N-methyl/N-ethyl adjacent to an activating group) is 1. The van der Waals surface area contributed by atoms with Crippen molar-refractivity contribution in [2.24, 2.45) is 17.3 Å². The summed E-state index contributed by atoms with van der Waals surface area (Å²) < 4.78 is 5.94. The third-order valence-electron chi connectivity index (χ3n) is 7.46. The lowest BCUT2D eigenvalue weighted by Gasteiger charge is -2.50. The summed E-state index contributed by atoms with van der Waals surface area (Å²) in [5, 5.41) is 10.5. The summed E-state index contributed by atoms with van der Waals surface area (Å²) in [6.07, 6.45) is 7.03. The third kappa shape index (κ3) is 3.00. The maximum atomic E-state index is 10.5. The van der Waals surface area contributed by atoms with Crippen LogP contribution >= 0.6 is 0 Å². The van der Waals surface area contributed by atoms with Gasteiger partial charge < -0.3 is 14.7 Å². The molecule has 2 saturated carbocycles. The minimum Gasteiger partial charge on any atom is -0.492 e. The van der Waals surface area contributed by atoms with Crippen molar-refractivity contribution >= 4 is 0 Å². The summed E-state index contributed by atoms with van der Waals surface area (Å²) in [5.74, 6) is 3.20. The molecule has 3 nitrogen and oxygen atoms in total. The van der Waals surface area contributed by atoms with E-state index in [1.807, 2.05) is 0 Å². The van der Waals surface area contributed by atoms with E-state index in [-0.39, 0.29) is 11.5 Å². The molecule has 3 heteroatoms. The smallest absolute Gasteiger partial charge is 0.119 e. The predicted molar refractivity (Wildman–Crippen MR) is 101 cm³/mol. The van der Waals surface area contributed by atoms with E-state index in [1.165, 1.54) is 37.7 Å². The number of ether oxygens (including phenoxy) is 1. The molecular weight excluding hydrogens is 310 g/mol. The number of aliphatic hydroxyl groups excluding tert-OH is 1. The van der Waals surface area contributed by atoms with Crippen LogP contribution in [0.25, 0.3) is 0 Å². The van der Waals surface area contributed by atoms with Crippen LogP contribution in [0.1, 0.15) is 56.1 Å². The SMILES string of the molecule is CN(C)CCOc1ccc2c(c1)CCC1C2CC[C@@]2(C)C1CC[C@@H]2O. The van der Waals surface area contributed by atoms with Crippen molar-refractivity contribution < 1.29 is 9.84 Å². The molecule has 3 aliphatic carbocycles. The van der Waals surface area contributed by atoms with Crippen molar-refractivity contribution in [2.75, 3.05) is 27.2 Å². The van der Waals surface area contributed by atoms with Crippen molar-refractivity contribution in [1.82, 2.24) is 4.90 Å². The molecule has 4 rings (SSSR count). The molecule has 0 heterocycles. The van der Waals surface area contributed by atoms with Gasteiger partial charge in [0.1, 0.15) is 12.4 Å². The molecule has 1 N–H and O–H groups in total. The topological polar surface area (TPSA) is 32.7 Å². The minimum atomic E-state index is -0.0766. The van der Waals surface area contributed by atoms with Crippen LogP contribution in [-0.4, -0.2) is 43.4 Å². The summed E-state index contributed by atoms with van der Waals surface area (Å²) >= 11 is 0. The molecular formula is C22H33NO2. The highest BCUT2D eigenvalue weighted by Gasteiger charge is 2.54. The lowest BCUT2D eigenvalue weighted by molar-refractivity contribution is -0.0226. The number of hydrogen-bond donors (Lipinski definition) is 1. The Morgan fingerprint density at radius 3 is 2.84 bits per heavy atom. The van der Waals surface area contributed by atoms with Gasteiger partial charge in [0.25, 0.3) is 0 Å². The van der Waals surface area contributed by atoms with Gasteiger partial charge in [-0.1, -0.05) is 13.0 Å². The van der Waals surface area contributed by atoms with Gasteiger partial charge in [0, 0.05) is 6.54 Å². The fourth-order valence-corrected chi connectivity index (χ4v) is 5.97. The van der Waals surface area contributed by atoms with Crippen LogP contribution in [0.4, 0.5) is 0 Å². The molecule has 0 radical (unpaired) electrons. The predicted octanol–water partition coefficient (Wildman–Crippen LogP) is 3.84. The monoisotopic (exact) mass is 343 g/mol. The molecule has 1 aromatic rings. The maximum Gasteiger partial charge on any atom is 0.119 e. The van der Waals surface area contributed by atoms with Crippen molar-refractivity contribution in [1.29, 1.82) is 0 Å². The van der Waals surface area contributed by atoms with Crippen LogP contribution < -0.4 is 4.74 Å². The normalized spacial score (nSPS) is 36.7. The van der Waals surface area contributed by atoms with Gasteiger partial charge in [0.15, 0.2) is 0 Å². The number of aryl methyl sites for hydroxylation is 1. The van der Waals surface area contributed by atoms with Gasteiger partial charge in [-0.25, -0.2) is 0 Å². The van der Waals surface area contributed by atoms with Gasteiger partial charge in [0.2, 0.25) is 0 Å². The largest absolute Gasteiger partial charge is 0.492 e. The van der Waals surface area contributed by atoms with Gasteiger partial charge in [-0.15, -0.1) is 0 Å². The van der Waals surface area contributed by atoms with E-state index >= 15 is 0 Å². The highest BCUT2D eigenvalue weighted by atomic mass is 16.5. The Balaban J connectivity index is 1.51. The molecule has 0 aliphatic heterocycles. The van der Waals surface area contributed by atoms with E-state index < -0.39 is 0 Å². The Morgan fingerprint density at radius 1 is 1.20 bits per heavy atom. The molecule has 0 amide bonds. The summed E-state index contributed by atoms with van der Waals surface area (Å²) in [5.41, 5.74) is 3.25. The van der Waals surface area contributed by atoms with Crippen LogP contribution in [0.2, 0.25) is 0 Å². The Morgan fingerprint density at radius 2 is 2.04 bits per heavy atom. The van der Waals surface area contributed by atoms with Gasteiger partial charge >= 0.3 is 0 Å². The number of benzene rings is 1. The molecule has 0 saturated heterocycles. The minimum absolute atomic E-state index is 0.0766. The first-order chi connectivity index (χ1) is 12.0. The molecule has 5 atom stereocenters. The van der Waals surface area contributed by atoms with Crippen LogP contribution in [0.15, 0.2) is 18.2 Å².